The topological polar surface area (TPSA) is 40.7 Å². The highest BCUT2D eigenvalue weighted by atomic mass is 14.9. The molecule has 2 N–H and O–H groups in total. The second-order valence-electron chi connectivity index (χ2n) is 4.95. The monoisotopic (exact) mass is 213 g/mol. The van der Waals surface area contributed by atoms with Crippen molar-refractivity contribution in [3.8, 4) is 0 Å². The van der Waals surface area contributed by atoms with E-state index in [0.29, 0.717) is 5.92 Å². The molecule has 2 aromatic rings. The van der Waals surface area contributed by atoms with Gasteiger partial charge in [0.1, 0.15) is 5.82 Å². The quantitative estimate of drug-likeness (QED) is 0.764. The van der Waals surface area contributed by atoms with E-state index in [1.165, 1.54) is 48.3 Å². The molecule has 0 bridgehead atoms. The number of aromatic nitrogens is 2. The summed E-state index contributed by atoms with van der Waals surface area (Å²) in [5.74, 6) is 1.90. The lowest BCUT2D eigenvalue weighted by atomic mass is 10.0. The Morgan fingerprint density at radius 3 is 3.06 bits per heavy atom. The predicted molar refractivity (Wildman–Crippen MR) is 64.9 cm³/mol. The molecule has 16 heavy (non-hydrogen) atoms. The van der Waals surface area contributed by atoms with Crippen LogP contribution in [0.4, 0.5) is 5.69 Å². The normalized spacial score (nSPS) is 19.5. The van der Waals surface area contributed by atoms with Gasteiger partial charge in [-0.15, -0.1) is 0 Å². The zero-order chi connectivity index (χ0) is 10.5. The lowest BCUT2D eigenvalue weighted by molar-refractivity contribution is 0.831. The van der Waals surface area contributed by atoms with Crippen LogP contribution in [0.25, 0.3) is 11.0 Å². The molecule has 1 aliphatic heterocycles. The largest absolute Gasteiger partial charge is 0.385 e. The van der Waals surface area contributed by atoms with Gasteiger partial charge >= 0.3 is 0 Å². The highest BCUT2D eigenvalue weighted by molar-refractivity contribution is 5.82. The molecule has 1 aromatic carbocycles. The number of imidazole rings is 1. The Kier molecular flexibility index (Phi) is 1.62. The number of anilines is 1. The fourth-order valence-electron chi connectivity index (χ4n) is 2.54. The number of rotatable bonds is 1. The van der Waals surface area contributed by atoms with Crippen molar-refractivity contribution in [1.82, 2.24) is 9.97 Å². The first kappa shape index (κ1) is 8.62. The number of aromatic amines is 1. The summed E-state index contributed by atoms with van der Waals surface area (Å²) in [7, 11) is 0. The Labute approximate surface area is 94.3 Å². The zero-order valence-corrected chi connectivity index (χ0v) is 9.21. The first-order chi connectivity index (χ1) is 7.90. The number of fused-ring (bicyclic) bond motifs is 2. The van der Waals surface area contributed by atoms with E-state index in [9.17, 15) is 0 Å². The van der Waals surface area contributed by atoms with E-state index < -0.39 is 0 Å². The first-order valence-electron chi connectivity index (χ1n) is 6.16. The molecule has 2 heterocycles. The van der Waals surface area contributed by atoms with Gasteiger partial charge in [0.25, 0.3) is 0 Å². The summed E-state index contributed by atoms with van der Waals surface area (Å²) in [6.45, 7) is 1.10. The Bertz CT molecular complexity index is 509. The molecule has 82 valence electrons. The lowest BCUT2D eigenvalue weighted by Crippen LogP contribution is -2.11. The second-order valence-corrected chi connectivity index (χ2v) is 4.95. The van der Waals surface area contributed by atoms with Crippen LogP contribution < -0.4 is 5.32 Å². The third kappa shape index (κ3) is 1.24. The summed E-state index contributed by atoms with van der Waals surface area (Å²) in [6.07, 6.45) is 5.04. The van der Waals surface area contributed by atoms with Crippen LogP contribution in [0.3, 0.4) is 0 Å². The standard InChI is InChI=1S/C13H15N3/c1-2-9-6-11-12(7-10(9)14-5-1)16-13(15-11)8-3-4-8/h6-8,14H,1-5H2,(H,15,16). The summed E-state index contributed by atoms with van der Waals surface area (Å²) in [5.41, 5.74) is 5.05. The molecule has 1 fully saturated rings. The molecule has 0 spiro atoms. The third-order valence-electron chi connectivity index (χ3n) is 3.63. The van der Waals surface area contributed by atoms with E-state index in [4.69, 9.17) is 0 Å². The van der Waals surface area contributed by atoms with Crippen molar-refractivity contribution in [2.75, 3.05) is 11.9 Å². The van der Waals surface area contributed by atoms with Crippen LogP contribution in [0.2, 0.25) is 0 Å². The minimum absolute atomic E-state index is 0.706. The average Bonchev–Trinajstić information content (AvgIpc) is 3.07. The number of hydrogen-bond acceptors (Lipinski definition) is 2. The number of nitrogens with zero attached hydrogens (tertiary/aromatic N) is 1. The molecule has 0 atom stereocenters. The smallest absolute Gasteiger partial charge is 0.110 e. The van der Waals surface area contributed by atoms with Crippen LogP contribution in [0, 0.1) is 0 Å². The van der Waals surface area contributed by atoms with Crippen LogP contribution in [0.5, 0.6) is 0 Å². The first-order valence-corrected chi connectivity index (χ1v) is 6.16. The van der Waals surface area contributed by atoms with E-state index in [-0.39, 0.29) is 0 Å². The van der Waals surface area contributed by atoms with Crippen LogP contribution in [0.1, 0.15) is 36.6 Å². The van der Waals surface area contributed by atoms with Crippen molar-refractivity contribution in [2.24, 2.45) is 0 Å². The summed E-state index contributed by atoms with van der Waals surface area (Å²) in [5, 5.41) is 3.45. The molecule has 1 saturated carbocycles. The van der Waals surface area contributed by atoms with Crippen LogP contribution >= 0.6 is 0 Å². The van der Waals surface area contributed by atoms with Crippen molar-refractivity contribution in [3.05, 3.63) is 23.5 Å². The van der Waals surface area contributed by atoms with Gasteiger partial charge in [-0.2, -0.15) is 0 Å². The fourth-order valence-corrected chi connectivity index (χ4v) is 2.54. The van der Waals surface area contributed by atoms with Gasteiger partial charge in [-0.3, -0.25) is 0 Å². The number of aryl methyl sites for hydroxylation is 1. The zero-order valence-electron chi connectivity index (χ0n) is 9.21. The van der Waals surface area contributed by atoms with Crippen LogP contribution in [0.15, 0.2) is 12.1 Å². The van der Waals surface area contributed by atoms with E-state index in [2.05, 4.69) is 27.4 Å². The Morgan fingerprint density at radius 2 is 2.19 bits per heavy atom. The van der Waals surface area contributed by atoms with Crippen molar-refractivity contribution in [1.29, 1.82) is 0 Å². The molecule has 0 saturated heterocycles. The van der Waals surface area contributed by atoms with Crippen molar-refractivity contribution in [2.45, 2.75) is 31.6 Å². The van der Waals surface area contributed by atoms with Gasteiger partial charge in [-0.1, -0.05) is 0 Å². The van der Waals surface area contributed by atoms with Crippen molar-refractivity contribution < 1.29 is 0 Å². The van der Waals surface area contributed by atoms with Gasteiger partial charge < -0.3 is 10.3 Å². The predicted octanol–water partition coefficient (Wildman–Crippen LogP) is 2.80. The summed E-state index contributed by atoms with van der Waals surface area (Å²) in [4.78, 5) is 8.16. The number of hydrogen-bond donors (Lipinski definition) is 2. The minimum Gasteiger partial charge on any atom is -0.385 e. The SMILES string of the molecule is c1c2c(cc3[nH]c(C4CC4)nc13)CCCN2. The van der Waals surface area contributed by atoms with Crippen molar-refractivity contribution >= 4 is 16.7 Å². The molecule has 3 heteroatoms. The van der Waals surface area contributed by atoms with Crippen molar-refractivity contribution in [3.63, 3.8) is 0 Å². The molecule has 1 aromatic heterocycles. The molecule has 2 aliphatic rings. The lowest BCUT2D eigenvalue weighted by Gasteiger charge is -2.17. The molecule has 3 nitrogen and oxygen atoms in total. The van der Waals surface area contributed by atoms with Gasteiger partial charge in [0.2, 0.25) is 0 Å². The van der Waals surface area contributed by atoms with Crippen LogP contribution in [-0.4, -0.2) is 16.5 Å². The molecular formula is C13H15N3. The highest BCUT2D eigenvalue weighted by Crippen LogP contribution is 2.39. The van der Waals surface area contributed by atoms with Gasteiger partial charge in [-0.05, 0) is 43.4 Å². The average molecular weight is 213 g/mol. The Balaban J connectivity index is 1.89. The van der Waals surface area contributed by atoms with Gasteiger partial charge in [0, 0.05) is 18.2 Å². The summed E-state index contributed by atoms with van der Waals surface area (Å²) < 4.78 is 0. The number of H-pyrrole nitrogens is 1. The molecule has 1 aliphatic carbocycles. The highest BCUT2D eigenvalue weighted by Gasteiger charge is 2.27. The molecule has 0 unspecified atom stereocenters. The maximum atomic E-state index is 4.69. The number of nitrogens with one attached hydrogen (secondary N) is 2. The molecule has 0 radical (unpaired) electrons. The number of benzene rings is 1. The fraction of sp³-hybridized carbons (Fsp3) is 0.462. The third-order valence-corrected chi connectivity index (χ3v) is 3.63. The van der Waals surface area contributed by atoms with E-state index in [0.717, 1.165) is 12.1 Å². The van der Waals surface area contributed by atoms with E-state index in [1.54, 1.807) is 0 Å². The maximum absolute atomic E-state index is 4.69. The summed E-state index contributed by atoms with van der Waals surface area (Å²) in [6, 6.07) is 4.47. The van der Waals surface area contributed by atoms with Gasteiger partial charge in [0.05, 0.1) is 11.0 Å². The molecular weight excluding hydrogens is 198 g/mol. The Hall–Kier alpha value is -1.51. The van der Waals surface area contributed by atoms with E-state index in [1.807, 2.05) is 0 Å². The minimum atomic E-state index is 0.706. The molecule has 4 rings (SSSR count). The Morgan fingerprint density at radius 1 is 1.25 bits per heavy atom. The molecule has 0 amide bonds. The van der Waals surface area contributed by atoms with Gasteiger partial charge in [-0.25, -0.2) is 4.98 Å². The van der Waals surface area contributed by atoms with Crippen LogP contribution in [-0.2, 0) is 6.42 Å². The van der Waals surface area contributed by atoms with E-state index >= 15 is 0 Å². The second kappa shape index (κ2) is 3.00. The maximum Gasteiger partial charge on any atom is 0.110 e. The van der Waals surface area contributed by atoms with Gasteiger partial charge in [0.15, 0.2) is 0 Å². The summed E-state index contributed by atoms with van der Waals surface area (Å²) >= 11 is 0.